The number of aromatic amines is 1. The molecule has 0 unspecified atom stereocenters. The van der Waals surface area contributed by atoms with Gasteiger partial charge in [-0.15, -0.1) is 0 Å². The number of sulfonamides is 1. The zero-order valence-electron chi connectivity index (χ0n) is 9.97. The molecule has 0 aliphatic carbocycles. The van der Waals surface area contributed by atoms with Crippen LogP contribution in [0.3, 0.4) is 0 Å². The Kier molecular flexibility index (Phi) is 4.48. The van der Waals surface area contributed by atoms with E-state index in [0.717, 1.165) is 6.07 Å². The molecule has 2 rings (SSSR count). The van der Waals surface area contributed by atoms with Gasteiger partial charge < -0.3 is 5.11 Å². The average molecular weight is 365 g/mol. The van der Waals surface area contributed by atoms with E-state index in [1.807, 2.05) is 0 Å². The summed E-state index contributed by atoms with van der Waals surface area (Å²) in [6, 6.07) is 2.43. The van der Waals surface area contributed by atoms with E-state index in [0.29, 0.717) is 10.3 Å². The van der Waals surface area contributed by atoms with E-state index in [4.69, 9.17) is 5.11 Å². The van der Waals surface area contributed by atoms with Crippen molar-refractivity contribution in [3.63, 3.8) is 0 Å². The Morgan fingerprint density at radius 2 is 2.20 bits per heavy atom. The van der Waals surface area contributed by atoms with Gasteiger partial charge in [-0.3, -0.25) is 5.10 Å². The molecular weight excluding hydrogens is 355 g/mol. The van der Waals surface area contributed by atoms with Crippen molar-refractivity contribution in [1.29, 1.82) is 0 Å². The lowest BCUT2D eigenvalue weighted by Crippen LogP contribution is -2.25. The van der Waals surface area contributed by atoms with Gasteiger partial charge in [0.15, 0.2) is 0 Å². The molecule has 108 valence electrons. The zero-order chi connectivity index (χ0) is 14.8. The smallest absolute Gasteiger partial charge is 0.243 e. The summed E-state index contributed by atoms with van der Waals surface area (Å²) in [5.41, 5.74) is -0.112. The summed E-state index contributed by atoms with van der Waals surface area (Å²) in [7, 11) is -4.08. The van der Waals surface area contributed by atoms with Gasteiger partial charge in [-0.1, -0.05) is 15.9 Å². The maximum absolute atomic E-state index is 14.0. The van der Waals surface area contributed by atoms with Crippen molar-refractivity contribution < 1.29 is 17.9 Å². The van der Waals surface area contributed by atoms with E-state index in [1.165, 1.54) is 12.4 Å². The third-order valence-corrected chi connectivity index (χ3v) is 4.29. The molecule has 1 aromatic heterocycles. The highest BCUT2D eigenvalue weighted by atomic mass is 79.9. The number of benzene rings is 1. The van der Waals surface area contributed by atoms with Crippen LogP contribution < -0.4 is 4.72 Å². The Balaban J connectivity index is 2.31. The molecule has 0 amide bonds. The van der Waals surface area contributed by atoms with E-state index in [2.05, 4.69) is 35.8 Å². The second kappa shape index (κ2) is 5.95. The fourth-order valence-corrected chi connectivity index (χ4v) is 3.27. The molecule has 0 bridgehead atoms. The summed E-state index contributed by atoms with van der Waals surface area (Å²) >= 11 is 3.07. The summed E-state index contributed by atoms with van der Waals surface area (Å²) in [6.45, 7) is -0.751. The molecule has 0 aliphatic rings. The molecule has 20 heavy (non-hydrogen) atoms. The van der Waals surface area contributed by atoms with Gasteiger partial charge in [0.1, 0.15) is 22.9 Å². The fraction of sp³-hybridized carbons (Fsp3) is 0.200. The van der Waals surface area contributed by atoms with Crippen LogP contribution in [0.1, 0.15) is 11.4 Å². The first-order valence-corrected chi connectivity index (χ1v) is 7.64. The van der Waals surface area contributed by atoms with Gasteiger partial charge in [0.25, 0.3) is 0 Å². The highest BCUT2D eigenvalue weighted by molar-refractivity contribution is 9.10. The molecule has 0 saturated carbocycles. The van der Waals surface area contributed by atoms with Crippen LogP contribution in [0.2, 0.25) is 0 Å². The Bertz CT molecular complexity index is 706. The molecule has 1 heterocycles. The number of aromatic nitrogens is 3. The van der Waals surface area contributed by atoms with Crippen LogP contribution in [-0.4, -0.2) is 28.7 Å². The molecule has 1 aromatic carbocycles. The molecule has 0 spiro atoms. The van der Waals surface area contributed by atoms with Crippen LogP contribution in [0.15, 0.2) is 27.8 Å². The third-order valence-electron chi connectivity index (χ3n) is 2.43. The molecule has 0 aliphatic heterocycles. The Labute approximate surface area is 122 Å². The number of aliphatic hydroxyl groups excluding tert-OH is 1. The molecular formula is C10H10BrFN4O3S. The zero-order valence-corrected chi connectivity index (χ0v) is 12.4. The summed E-state index contributed by atoms with van der Waals surface area (Å²) in [5, 5.41) is 15.1. The van der Waals surface area contributed by atoms with Gasteiger partial charge in [0.2, 0.25) is 10.0 Å². The SMILES string of the molecule is O=S(=O)(NCc1ncn[nH]1)c1cc(Br)cc(CO)c1F. The van der Waals surface area contributed by atoms with Gasteiger partial charge in [0.05, 0.1) is 13.2 Å². The first-order chi connectivity index (χ1) is 9.44. The van der Waals surface area contributed by atoms with E-state index >= 15 is 0 Å². The summed E-state index contributed by atoms with van der Waals surface area (Å²) in [4.78, 5) is 3.20. The molecule has 0 radical (unpaired) electrons. The second-order valence-electron chi connectivity index (χ2n) is 3.79. The number of hydrogen-bond acceptors (Lipinski definition) is 5. The molecule has 7 nitrogen and oxygen atoms in total. The number of nitrogens with zero attached hydrogens (tertiary/aromatic N) is 2. The van der Waals surface area contributed by atoms with Crippen molar-refractivity contribution in [1.82, 2.24) is 19.9 Å². The predicted molar refractivity (Wildman–Crippen MR) is 70.4 cm³/mol. The van der Waals surface area contributed by atoms with Crippen LogP contribution in [0.25, 0.3) is 0 Å². The lowest BCUT2D eigenvalue weighted by Gasteiger charge is -2.09. The maximum atomic E-state index is 14.0. The van der Waals surface area contributed by atoms with Crippen molar-refractivity contribution in [2.45, 2.75) is 18.0 Å². The van der Waals surface area contributed by atoms with E-state index < -0.39 is 27.3 Å². The van der Waals surface area contributed by atoms with Gasteiger partial charge in [0, 0.05) is 10.0 Å². The van der Waals surface area contributed by atoms with Crippen molar-refractivity contribution >= 4 is 26.0 Å². The minimum atomic E-state index is -4.08. The van der Waals surface area contributed by atoms with Crippen LogP contribution in [-0.2, 0) is 23.2 Å². The number of rotatable bonds is 5. The van der Waals surface area contributed by atoms with Gasteiger partial charge in [-0.25, -0.2) is 22.5 Å². The van der Waals surface area contributed by atoms with Crippen LogP contribution in [0.4, 0.5) is 4.39 Å². The molecule has 0 saturated heterocycles. The van der Waals surface area contributed by atoms with E-state index in [-0.39, 0.29) is 12.1 Å². The number of aliphatic hydroxyl groups is 1. The molecule has 0 atom stereocenters. The van der Waals surface area contributed by atoms with E-state index in [1.54, 1.807) is 0 Å². The third kappa shape index (κ3) is 3.20. The molecule has 3 N–H and O–H groups in total. The van der Waals surface area contributed by atoms with Gasteiger partial charge in [-0.05, 0) is 12.1 Å². The molecule has 0 fully saturated rings. The van der Waals surface area contributed by atoms with Crippen LogP contribution in [0.5, 0.6) is 0 Å². The topological polar surface area (TPSA) is 108 Å². The predicted octanol–water partition coefficient (Wildman–Crippen LogP) is 0.677. The highest BCUT2D eigenvalue weighted by Gasteiger charge is 2.22. The average Bonchev–Trinajstić information content (AvgIpc) is 2.92. The molecule has 2 aromatic rings. The first-order valence-electron chi connectivity index (χ1n) is 5.36. The summed E-state index contributed by atoms with van der Waals surface area (Å²) in [5.74, 6) is -0.688. The van der Waals surface area contributed by atoms with Crippen molar-refractivity contribution in [2.24, 2.45) is 0 Å². The number of nitrogens with one attached hydrogen (secondary N) is 2. The fourth-order valence-electron chi connectivity index (χ4n) is 1.49. The highest BCUT2D eigenvalue weighted by Crippen LogP contribution is 2.24. The van der Waals surface area contributed by atoms with Crippen molar-refractivity contribution in [3.8, 4) is 0 Å². The minimum absolute atomic E-state index is 0.112. The van der Waals surface area contributed by atoms with Crippen molar-refractivity contribution in [3.05, 3.63) is 40.1 Å². The Morgan fingerprint density at radius 3 is 2.80 bits per heavy atom. The lowest BCUT2D eigenvalue weighted by atomic mass is 10.2. The normalized spacial score (nSPS) is 11.8. The molecule has 10 heteroatoms. The monoisotopic (exact) mass is 364 g/mol. The summed E-state index contributed by atoms with van der Waals surface area (Å²) in [6.07, 6.45) is 1.23. The number of hydrogen-bond donors (Lipinski definition) is 3. The standard InChI is InChI=1S/C10H10BrFN4O3S/c11-7-1-6(4-17)10(12)8(2-7)20(18,19)15-3-9-13-5-14-16-9/h1-2,5,15,17H,3-4H2,(H,13,14,16). The minimum Gasteiger partial charge on any atom is -0.392 e. The number of halogens is 2. The van der Waals surface area contributed by atoms with Gasteiger partial charge in [-0.2, -0.15) is 5.10 Å². The maximum Gasteiger partial charge on any atom is 0.243 e. The van der Waals surface area contributed by atoms with Crippen LogP contribution in [0, 0.1) is 5.82 Å². The number of H-pyrrole nitrogens is 1. The quantitative estimate of drug-likeness (QED) is 0.722. The summed E-state index contributed by atoms with van der Waals surface area (Å²) < 4.78 is 40.6. The van der Waals surface area contributed by atoms with Gasteiger partial charge >= 0.3 is 0 Å². The Hall–Kier alpha value is -1.36. The second-order valence-corrected chi connectivity index (χ2v) is 6.44. The van der Waals surface area contributed by atoms with Crippen molar-refractivity contribution in [2.75, 3.05) is 0 Å². The first kappa shape index (κ1) is 15.0. The Morgan fingerprint density at radius 1 is 1.45 bits per heavy atom. The van der Waals surface area contributed by atoms with Crippen LogP contribution >= 0.6 is 15.9 Å². The lowest BCUT2D eigenvalue weighted by molar-refractivity contribution is 0.274. The largest absolute Gasteiger partial charge is 0.392 e. The van der Waals surface area contributed by atoms with E-state index in [9.17, 15) is 12.8 Å².